The van der Waals surface area contributed by atoms with Gasteiger partial charge in [-0.3, -0.25) is 4.79 Å². The van der Waals surface area contributed by atoms with E-state index in [9.17, 15) is 4.79 Å². The predicted molar refractivity (Wildman–Crippen MR) is 101 cm³/mol. The molecule has 0 bridgehead atoms. The number of hydrogen-bond acceptors (Lipinski definition) is 4. The Morgan fingerprint density at radius 3 is 2.69 bits per heavy atom. The van der Waals surface area contributed by atoms with Gasteiger partial charge in [0, 0.05) is 22.5 Å². The quantitative estimate of drug-likeness (QED) is 0.596. The summed E-state index contributed by atoms with van der Waals surface area (Å²) >= 11 is 6.10. The van der Waals surface area contributed by atoms with Gasteiger partial charge in [0.25, 0.3) is 5.91 Å². The maximum absolute atomic E-state index is 12.4. The lowest BCUT2D eigenvalue weighted by molar-refractivity contribution is 0.102. The Kier molecular flexibility index (Phi) is 4.10. The van der Waals surface area contributed by atoms with Crippen molar-refractivity contribution < 1.29 is 4.79 Å². The Balaban J connectivity index is 1.57. The Bertz CT molecular complexity index is 1100. The van der Waals surface area contributed by atoms with Crippen LogP contribution >= 0.6 is 11.6 Å². The molecule has 0 atom stereocenters. The Hall–Kier alpha value is -3.25. The topological polar surface area (TPSA) is 72.7 Å². The minimum Gasteiger partial charge on any atom is -0.322 e. The van der Waals surface area contributed by atoms with Crippen LogP contribution in [0.4, 0.5) is 5.69 Å². The van der Waals surface area contributed by atoms with Gasteiger partial charge in [-0.05, 0) is 61.0 Å². The summed E-state index contributed by atoms with van der Waals surface area (Å²) < 4.78 is 1.64. The first kappa shape index (κ1) is 16.2. The molecule has 2 aromatic heterocycles. The first-order valence-electron chi connectivity index (χ1n) is 7.96. The summed E-state index contributed by atoms with van der Waals surface area (Å²) in [6, 6.07) is 16.2. The number of aromatic nitrogens is 4. The van der Waals surface area contributed by atoms with Gasteiger partial charge in [-0.2, -0.15) is 4.68 Å². The van der Waals surface area contributed by atoms with Crippen molar-refractivity contribution in [1.29, 1.82) is 0 Å². The fraction of sp³-hybridized carbons (Fsp3) is 0.0526. The molecule has 0 fully saturated rings. The number of carbonyl (C=O) groups is 1. The lowest BCUT2D eigenvalue weighted by Gasteiger charge is -2.08. The predicted octanol–water partition coefficient (Wildman–Crippen LogP) is 4.03. The van der Waals surface area contributed by atoms with E-state index in [1.165, 1.54) is 0 Å². The first-order valence-corrected chi connectivity index (χ1v) is 8.34. The van der Waals surface area contributed by atoms with Crippen LogP contribution in [-0.2, 0) is 0 Å². The summed E-state index contributed by atoms with van der Waals surface area (Å²) in [5.41, 5.74) is 4.30. The van der Waals surface area contributed by atoms with Crippen LogP contribution in [0.3, 0.4) is 0 Å². The molecule has 0 aliphatic carbocycles. The van der Waals surface area contributed by atoms with E-state index in [-0.39, 0.29) is 5.91 Å². The molecule has 26 heavy (non-hydrogen) atoms. The molecule has 4 rings (SSSR count). The molecule has 0 aliphatic heterocycles. The van der Waals surface area contributed by atoms with E-state index < -0.39 is 0 Å². The lowest BCUT2D eigenvalue weighted by atomic mass is 10.1. The molecule has 7 heteroatoms. The molecule has 0 radical (unpaired) electrons. The Labute approximate surface area is 154 Å². The second-order valence-corrected chi connectivity index (χ2v) is 6.22. The molecule has 1 N–H and O–H groups in total. The number of carbonyl (C=O) groups excluding carboxylic acids is 1. The Morgan fingerprint density at radius 1 is 1.12 bits per heavy atom. The van der Waals surface area contributed by atoms with E-state index >= 15 is 0 Å². The maximum Gasteiger partial charge on any atom is 0.255 e. The van der Waals surface area contributed by atoms with Gasteiger partial charge in [-0.15, -0.1) is 5.10 Å². The van der Waals surface area contributed by atoms with Gasteiger partial charge in [0.1, 0.15) is 5.52 Å². The molecule has 2 heterocycles. The molecule has 0 aliphatic rings. The van der Waals surface area contributed by atoms with E-state index in [2.05, 4.69) is 20.6 Å². The summed E-state index contributed by atoms with van der Waals surface area (Å²) in [4.78, 5) is 16.7. The third kappa shape index (κ3) is 3.02. The third-order valence-corrected chi connectivity index (χ3v) is 4.42. The highest BCUT2D eigenvalue weighted by atomic mass is 35.5. The zero-order valence-corrected chi connectivity index (χ0v) is 14.6. The van der Waals surface area contributed by atoms with E-state index in [0.29, 0.717) is 27.4 Å². The molecule has 0 spiro atoms. The van der Waals surface area contributed by atoms with Gasteiger partial charge in [0.2, 0.25) is 0 Å². The third-order valence-electron chi connectivity index (χ3n) is 4.01. The second-order valence-electron chi connectivity index (χ2n) is 5.81. The van der Waals surface area contributed by atoms with E-state index in [0.717, 1.165) is 11.3 Å². The van der Waals surface area contributed by atoms with Crippen LogP contribution in [0.2, 0.25) is 5.02 Å². The van der Waals surface area contributed by atoms with Crippen molar-refractivity contribution >= 4 is 34.4 Å². The fourth-order valence-electron chi connectivity index (χ4n) is 2.57. The normalized spacial score (nSPS) is 10.8. The molecular weight excluding hydrogens is 350 g/mol. The van der Waals surface area contributed by atoms with Crippen molar-refractivity contribution in [2.45, 2.75) is 6.92 Å². The zero-order chi connectivity index (χ0) is 18.1. The lowest BCUT2D eigenvalue weighted by Crippen LogP contribution is -2.12. The molecule has 2 aromatic carbocycles. The summed E-state index contributed by atoms with van der Waals surface area (Å²) in [6.45, 7) is 1.91. The number of aryl methyl sites for hydroxylation is 1. The van der Waals surface area contributed by atoms with Gasteiger partial charge >= 0.3 is 0 Å². The van der Waals surface area contributed by atoms with Crippen LogP contribution in [0, 0.1) is 6.92 Å². The first-order chi connectivity index (χ1) is 12.6. The van der Waals surface area contributed by atoms with Crippen molar-refractivity contribution in [2.75, 3.05) is 5.32 Å². The van der Waals surface area contributed by atoms with Crippen LogP contribution in [0.5, 0.6) is 0 Å². The van der Waals surface area contributed by atoms with Crippen molar-refractivity contribution in [1.82, 2.24) is 20.0 Å². The number of nitrogens with one attached hydrogen (secondary N) is 1. The molecule has 0 saturated carbocycles. The Morgan fingerprint density at radius 2 is 1.92 bits per heavy atom. The summed E-state index contributed by atoms with van der Waals surface area (Å²) in [6.07, 6.45) is 1.69. The van der Waals surface area contributed by atoms with E-state index in [4.69, 9.17) is 11.6 Å². The largest absolute Gasteiger partial charge is 0.322 e. The standard InChI is InChI=1S/C19H14ClN5O/c1-12-4-7-14(11-16(12)20)22-19(26)13-5-8-15(9-6-13)25-18-17(23-24-25)3-2-10-21-18/h2-11H,1H3,(H,22,26). The monoisotopic (exact) mass is 363 g/mol. The van der Waals surface area contributed by atoms with E-state index in [1.807, 2.05) is 31.2 Å². The van der Waals surface area contributed by atoms with Crippen LogP contribution in [0.15, 0.2) is 60.8 Å². The van der Waals surface area contributed by atoms with E-state index in [1.54, 1.807) is 41.2 Å². The molecule has 6 nitrogen and oxygen atoms in total. The number of halogens is 1. The minimum absolute atomic E-state index is 0.210. The summed E-state index contributed by atoms with van der Waals surface area (Å²) in [5, 5.41) is 11.7. The second kappa shape index (κ2) is 6.57. The van der Waals surface area contributed by atoms with Crippen molar-refractivity contribution in [3.05, 3.63) is 76.9 Å². The van der Waals surface area contributed by atoms with Crippen LogP contribution < -0.4 is 5.32 Å². The highest BCUT2D eigenvalue weighted by molar-refractivity contribution is 6.31. The maximum atomic E-state index is 12.4. The molecule has 0 saturated heterocycles. The van der Waals surface area contributed by atoms with Crippen molar-refractivity contribution in [3.63, 3.8) is 0 Å². The fourth-order valence-corrected chi connectivity index (χ4v) is 2.75. The summed E-state index contributed by atoms with van der Waals surface area (Å²) in [7, 11) is 0. The number of fused-ring (bicyclic) bond motifs is 1. The zero-order valence-electron chi connectivity index (χ0n) is 13.8. The highest BCUT2D eigenvalue weighted by Crippen LogP contribution is 2.21. The highest BCUT2D eigenvalue weighted by Gasteiger charge is 2.10. The van der Waals surface area contributed by atoms with Gasteiger partial charge < -0.3 is 5.32 Å². The molecule has 0 unspecified atom stereocenters. The van der Waals surface area contributed by atoms with Crippen molar-refractivity contribution in [3.8, 4) is 5.69 Å². The molecule has 4 aromatic rings. The SMILES string of the molecule is Cc1ccc(NC(=O)c2ccc(-n3nnc4cccnc43)cc2)cc1Cl. The van der Waals surface area contributed by atoms with Gasteiger partial charge in [0.05, 0.1) is 5.69 Å². The average molecular weight is 364 g/mol. The van der Waals surface area contributed by atoms with Crippen LogP contribution in [-0.4, -0.2) is 25.9 Å². The van der Waals surface area contributed by atoms with Gasteiger partial charge in [-0.1, -0.05) is 22.9 Å². The smallest absolute Gasteiger partial charge is 0.255 e. The molecular formula is C19H14ClN5O. The van der Waals surface area contributed by atoms with Crippen LogP contribution in [0.25, 0.3) is 16.9 Å². The van der Waals surface area contributed by atoms with Gasteiger partial charge in [-0.25, -0.2) is 4.98 Å². The van der Waals surface area contributed by atoms with Crippen LogP contribution in [0.1, 0.15) is 15.9 Å². The number of anilines is 1. The number of hydrogen-bond donors (Lipinski definition) is 1. The number of benzene rings is 2. The summed E-state index contributed by atoms with van der Waals surface area (Å²) in [5.74, 6) is -0.210. The average Bonchev–Trinajstić information content (AvgIpc) is 3.09. The minimum atomic E-state index is -0.210. The number of pyridine rings is 1. The molecule has 1 amide bonds. The number of nitrogens with zero attached hydrogens (tertiary/aromatic N) is 4. The number of rotatable bonds is 3. The van der Waals surface area contributed by atoms with Gasteiger partial charge in [0.15, 0.2) is 5.65 Å². The number of amides is 1. The molecule has 128 valence electrons. The van der Waals surface area contributed by atoms with Crippen molar-refractivity contribution in [2.24, 2.45) is 0 Å².